The molecule has 4 nitrogen and oxygen atoms in total. The summed E-state index contributed by atoms with van der Waals surface area (Å²) < 4.78 is 12.4. The van der Waals surface area contributed by atoms with E-state index in [0.717, 1.165) is 22.2 Å². The first-order valence-corrected chi connectivity index (χ1v) is 7.94. The Hall–Kier alpha value is -1.23. The standard InChI is InChI=1S/C16H22BrNO3/c1-11-9-12(17)5-6-14(11)20-13-7-8-18(10-13)15(19)21-16(2,3)4/h5-6,9,13H,7-8,10H2,1-4H3/t13-/m1/s1. The maximum atomic E-state index is 12.0. The maximum Gasteiger partial charge on any atom is 0.410 e. The van der Waals surface area contributed by atoms with E-state index in [9.17, 15) is 4.79 Å². The summed E-state index contributed by atoms with van der Waals surface area (Å²) in [4.78, 5) is 13.7. The van der Waals surface area contributed by atoms with Crippen LogP contribution in [0.15, 0.2) is 22.7 Å². The van der Waals surface area contributed by atoms with Crippen LogP contribution in [0.4, 0.5) is 4.79 Å². The van der Waals surface area contributed by atoms with Gasteiger partial charge in [-0.1, -0.05) is 15.9 Å². The second kappa shape index (κ2) is 6.26. The van der Waals surface area contributed by atoms with Crippen molar-refractivity contribution in [2.45, 2.75) is 45.8 Å². The summed E-state index contributed by atoms with van der Waals surface area (Å²) in [6, 6.07) is 5.94. The Balaban J connectivity index is 1.92. The lowest BCUT2D eigenvalue weighted by atomic mass is 10.2. The number of likely N-dealkylation sites (tertiary alicyclic amines) is 1. The molecule has 2 rings (SSSR count). The fraction of sp³-hybridized carbons (Fsp3) is 0.562. The monoisotopic (exact) mass is 355 g/mol. The summed E-state index contributed by atoms with van der Waals surface area (Å²) in [5, 5.41) is 0. The van der Waals surface area contributed by atoms with E-state index in [2.05, 4.69) is 15.9 Å². The molecule has 1 atom stereocenters. The fourth-order valence-corrected chi connectivity index (χ4v) is 2.72. The third kappa shape index (κ3) is 4.63. The van der Waals surface area contributed by atoms with Crippen LogP contribution in [0.1, 0.15) is 32.8 Å². The molecule has 1 heterocycles. The zero-order valence-electron chi connectivity index (χ0n) is 13.0. The van der Waals surface area contributed by atoms with Crippen LogP contribution < -0.4 is 4.74 Å². The van der Waals surface area contributed by atoms with E-state index < -0.39 is 5.60 Å². The molecule has 0 aliphatic carbocycles. The molecule has 116 valence electrons. The molecule has 5 heteroatoms. The van der Waals surface area contributed by atoms with Crippen LogP contribution in [0.3, 0.4) is 0 Å². The van der Waals surface area contributed by atoms with E-state index in [1.165, 1.54) is 0 Å². The largest absolute Gasteiger partial charge is 0.488 e. The molecule has 1 fully saturated rings. The molecule has 1 saturated heterocycles. The summed E-state index contributed by atoms with van der Waals surface area (Å²) in [6.45, 7) is 8.89. The van der Waals surface area contributed by atoms with Crippen LogP contribution in [-0.4, -0.2) is 35.8 Å². The van der Waals surface area contributed by atoms with Crippen LogP contribution in [0.25, 0.3) is 0 Å². The molecule has 1 amide bonds. The van der Waals surface area contributed by atoms with Crippen molar-refractivity contribution in [1.29, 1.82) is 0 Å². The van der Waals surface area contributed by atoms with Crippen molar-refractivity contribution < 1.29 is 14.3 Å². The first-order chi connectivity index (χ1) is 9.74. The molecular formula is C16H22BrNO3. The van der Waals surface area contributed by atoms with Gasteiger partial charge in [-0.05, 0) is 51.5 Å². The molecule has 1 aliphatic rings. The number of benzene rings is 1. The smallest absolute Gasteiger partial charge is 0.410 e. The Morgan fingerprint density at radius 3 is 2.71 bits per heavy atom. The number of carbonyl (C=O) groups excluding carboxylic acids is 1. The number of hydrogen-bond acceptors (Lipinski definition) is 3. The lowest BCUT2D eigenvalue weighted by Gasteiger charge is -2.24. The molecule has 0 saturated carbocycles. The normalized spacial score (nSPS) is 18.7. The zero-order valence-corrected chi connectivity index (χ0v) is 14.6. The average molecular weight is 356 g/mol. The summed E-state index contributed by atoms with van der Waals surface area (Å²) in [5.74, 6) is 0.870. The van der Waals surface area contributed by atoms with Crippen LogP contribution in [-0.2, 0) is 4.74 Å². The van der Waals surface area contributed by atoms with Gasteiger partial charge in [0.1, 0.15) is 17.5 Å². The highest BCUT2D eigenvalue weighted by molar-refractivity contribution is 9.10. The van der Waals surface area contributed by atoms with E-state index in [0.29, 0.717) is 13.1 Å². The number of aryl methyl sites for hydroxylation is 1. The highest BCUT2D eigenvalue weighted by atomic mass is 79.9. The van der Waals surface area contributed by atoms with Crippen molar-refractivity contribution in [2.75, 3.05) is 13.1 Å². The third-order valence-electron chi connectivity index (χ3n) is 3.23. The number of hydrogen-bond donors (Lipinski definition) is 0. The number of amides is 1. The Morgan fingerprint density at radius 1 is 1.38 bits per heavy atom. The van der Waals surface area contributed by atoms with E-state index in [-0.39, 0.29) is 12.2 Å². The molecule has 1 aliphatic heterocycles. The van der Waals surface area contributed by atoms with Gasteiger partial charge in [0, 0.05) is 17.4 Å². The highest BCUT2D eigenvalue weighted by Crippen LogP contribution is 2.25. The Kier molecular flexibility index (Phi) is 4.81. The number of nitrogens with zero attached hydrogens (tertiary/aromatic N) is 1. The first kappa shape index (κ1) is 16.1. The predicted molar refractivity (Wildman–Crippen MR) is 85.7 cm³/mol. The van der Waals surface area contributed by atoms with Crippen molar-refractivity contribution in [3.63, 3.8) is 0 Å². The SMILES string of the molecule is Cc1cc(Br)ccc1O[C@@H]1CCN(C(=O)OC(C)(C)C)C1. The number of carbonyl (C=O) groups is 1. The second-order valence-corrected chi connectivity index (χ2v) is 7.28. The molecule has 0 spiro atoms. The van der Waals surface area contributed by atoms with Crippen LogP contribution >= 0.6 is 15.9 Å². The number of halogens is 1. The van der Waals surface area contributed by atoms with E-state index in [4.69, 9.17) is 9.47 Å². The number of ether oxygens (including phenoxy) is 2. The predicted octanol–water partition coefficient (Wildman–Crippen LogP) is 4.15. The lowest BCUT2D eigenvalue weighted by molar-refractivity contribution is 0.0275. The van der Waals surface area contributed by atoms with Gasteiger partial charge in [0.15, 0.2) is 0 Å². The molecule has 1 aromatic rings. The highest BCUT2D eigenvalue weighted by Gasteiger charge is 2.31. The Labute approximate surface area is 134 Å². The minimum atomic E-state index is -0.460. The van der Waals surface area contributed by atoms with Crippen LogP contribution in [0.5, 0.6) is 5.75 Å². The summed E-state index contributed by atoms with van der Waals surface area (Å²) >= 11 is 3.44. The average Bonchev–Trinajstić information content (AvgIpc) is 2.79. The number of rotatable bonds is 2. The summed E-state index contributed by atoms with van der Waals surface area (Å²) in [5.41, 5.74) is 0.623. The van der Waals surface area contributed by atoms with Crippen molar-refractivity contribution >= 4 is 22.0 Å². The fourth-order valence-electron chi connectivity index (χ4n) is 2.24. The Morgan fingerprint density at radius 2 is 2.10 bits per heavy atom. The van der Waals surface area contributed by atoms with Crippen molar-refractivity contribution in [2.24, 2.45) is 0 Å². The zero-order chi connectivity index (χ0) is 15.6. The van der Waals surface area contributed by atoms with Gasteiger partial charge in [0.2, 0.25) is 0 Å². The molecule has 0 N–H and O–H groups in total. The van der Waals surface area contributed by atoms with Crippen molar-refractivity contribution in [1.82, 2.24) is 4.90 Å². The minimum absolute atomic E-state index is 0.0254. The van der Waals surface area contributed by atoms with Crippen molar-refractivity contribution in [3.8, 4) is 5.75 Å². The summed E-state index contributed by atoms with van der Waals surface area (Å²) in [6.07, 6.45) is 0.591. The van der Waals surface area contributed by atoms with Gasteiger partial charge >= 0.3 is 6.09 Å². The maximum absolute atomic E-state index is 12.0. The van der Waals surface area contributed by atoms with E-state index >= 15 is 0 Å². The molecule has 1 aromatic carbocycles. The second-order valence-electron chi connectivity index (χ2n) is 6.36. The van der Waals surface area contributed by atoms with Gasteiger partial charge in [0.25, 0.3) is 0 Å². The molecule has 0 unspecified atom stereocenters. The van der Waals surface area contributed by atoms with Crippen molar-refractivity contribution in [3.05, 3.63) is 28.2 Å². The van der Waals surface area contributed by atoms with Crippen LogP contribution in [0.2, 0.25) is 0 Å². The van der Waals surface area contributed by atoms with Gasteiger partial charge in [-0.2, -0.15) is 0 Å². The van der Waals surface area contributed by atoms with Gasteiger partial charge in [-0.3, -0.25) is 0 Å². The molecule has 0 radical (unpaired) electrons. The molecular weight excluding hydrogens is 334 g/mol. The summed E-state index contributed by atoms with van der Waals surface area (Å²) in [7, 11) is 0. The molecule has 0 aromatic heterocycles. The van der Waals surface area contributed by atoms with Gasteiger partial charge in [0.05, 0.1) is 6.54 Å². The molecule has 21 heavy (non-hydrogen) atoms. The topological polar surface area (TPSA) is 38.8 Å². The third-order valence-corrected chi connectivity index (χ3v) is 3.72. The molecule has 0 bridgehead atoms. The first-order valence-electron chi connectivity index (χ1n) is 7.15. The van der Waals surface area contributed by atoms with Gasteiger partial charge < -0.3 is 14.4 Å². The van der Waals surface area contributed by atoms with Crippen LogP contribution in [0, 0.1) is 6.92 Å². The van der Waals surface area contributed by atoms with Gasteiger partial charge in [-0.25, -0.2) is 4.79 Å². The van der Waals surface area contributed by atoms with Gasteiger partial charge in [-0.15, -0.1) is 0 Å². The Bertz CT molecular complexity index is 525. The van der Waals surface area contributed by atoms with E-state index in [1.807, 2.05) is 45.9 Å². The lowest BCUT2D eigenvalue weighted by Crippen LogP contribution is -2.36. The van der Waals surface area contributed by atoms with E-state index in [1.54, 1.807) is 4.90 Å². The minimum Gasteiger partial charge on any atom is -0.488 e. The quantitative estimate of drug-likeness (QED) is 0.799.